The summed E-state index contributed by atoms with van der Waals surface area (Å²) in [7, 11) is 0. The Labute approximate surface area is 168 Å². The fourth-order valence-electron chi connectivity index (χ4n) is 3.80. The van der Waals surface area contributed by atoms with E-state index in [0.717, 1.165) is 10.8 Å². The highest BCUT2D eigenvalue weighted by Crippen LogP contribution is 2.23. The van der Waals surface area contributed by atoms with Crippen molar-refractivity contribution in [3.05, 3.63) is 71.8 Å². The molecular formula is C23H22N2O4. The maximum atomic E-state index is 13.0. The normalized spacial score (nSPS) is 14.7. The number of piperidine rings is 1. The Morgan fingerprint density at radius 2 is 1.55 bits per heavy atom. The lowest BCUT2D eigenvalue weighted by molar-refractivity contribution is 0.0700. The van der Waals surface area contributed by atoms with E-state index in [1.54, 1.807) is 0 Å². The Balaban J connectivity index is 1.40. The van der Waals surface area contributed by atoms with E-state index < -0.39 is 0 Å². The Bertz CT molecular complexity index is 1050. The highest BCUT2D eigenvalue weighted by molar-refractivity contribution is 6.07. The highest BCUT2D eigenvalue weighted by atomic mass is 16.3. The van der Waals surface area contributed by atoms with E-state index in [4.69, 9.17) is 0 Å². The van der Waals surface area contributed by atoms with Crippen molar-refractivity contribution in [1.82, 2.24) is 10.2 Å². The maximum absolute atomic E-state index is 13.0. The zero-order chi connectivity index (χ0) is 20.4. The lowest BCUT2D eigenvalue weighted by Crippen LogP contribution is -2.46. The molecule has 1 aliphatic rings. The predicted octanol–water partition coefficient (Wildman–Crippen LogP) is 3.29. The van der Waals surface area contributed by atoms with Gasteiger partial charge in [0.2, 0.25) is 0 Å². The number of fused-ring (bicyclic) bond motifs is 1. The number of hydrogen-bond acceptors (Lipinski definition) is 4. The summed E-state index contributed by atoms with van der Waals surface area (Å²) in [4.78, 5) is 27.2. The number of aromatic hydroxyl groups is 2. The third kappa shape index (κ3) is 4.01. The van der Waals surface area contributed by atoms with Gasteiger partial charge in [0.25, 0.3) is 11.8 Å². The average Bonchev–Trinajstić information content (AvgIpc) is 2.72. The fourth-order valence-corrected chi connectivity index (χ4v) is 3.80. The number of phenols is 2. The molecule has 3 N–H and O–H groups in total. The number of phenolic OH excluding ortho intramolecular Hbond substituents is 2. The Morgan fingerprint density at radius 3 is 2.28 bits per heavy atom. The number of nitrogens with zero attached hydrogens (tertiary/aromatic N) is 1. The second-order valence-corrected chi connectivity index (χ2v) is 7.30. The molecule has 0 unspecified atom stereocenters. The number of benzene rings is 3. The van der Waals surface area contributed by atoms with Crippen molar-refractivity contribution in [1.29, 1.82) is 0 Å². The van der Waals surface area contributed by atoms with Crippen LogP contribution in [0.3, 0.4) is 0 Å². The van der Waals surface area contributed by atoms with Gasteiger partial charge in [-0.25, -0.2) is 0 Å². The lowest BCUT2D eigenvalue weighted by atomic mass is 10.0. The zero-order valence-corrected chi connectivity index (χ0v) is 15.8. The first-order chi connectivity index (χ1) is 14.0. The van der Waals surface area contributed by atoms with E-state index in [1.165, 1.54) is 18.2 Å². The molecule has 0 bridgehead atoms. The largest absolute Gasteiger partial charge is 0.508 e. The van der Waals surface area contributed by atoms with Gasteiger partial charge >= 0.3 is 0 Å². The van der Waals surface area contributed by atoms with Gasteiger partial charge in [-0.2, -0.15) is 0 Å². The molecule has 3 aromatic rings. The van der Waals surface area contributed by atoms with Gasteiger partial charge in [0.05, 0.1) is 0 Å². The highest BCUT2D eigenvalue weighted by Gasteiger charge is 2.25. The SMILES string of the molecule is O=C(NC1CCN(C(=O)c2cccc3ccccc23)CC1)c1cc(O)cc(O)c1. The monoisotopic (exact) mass is 390 g/mol. The second kappa shape index (κ2) is 7.83. The van der Waals surface area contributed by atoms with Gasteiger partial charge in [0.1, 0.15) is 11.5 Å². The van der Waals surface area contributed by atoms with Crippen molar-refractivity contribution in [2.75, 3.05) is 13.1 Å². The standard InChI is InChI=1S/C23H22N2O4/c26-18-12-16(13-19(27)14-18)22(28)24-17-8-10-25(11-9-17)23(29)21-7-3-5-15-4-1-2-6-20(15)21/h1-7,12-14,17,26-27H,8-11H2,(H,24,28). The maximum Gasteiger partial charge on any atom is 0.254 e. The molecular weight excluding hydrogens is 368 g/mol. The van der Waals surface area contributed by atoms with Crippen molar-refractivity contribution in [3.63, 3.8) is 0 Å². The minimum Gasteiger partial charge on any atom is -0.508 e. The molecule has 0 atom stereocenters. The van der Waals surface area contributed by atoms with Gasteiger partial charge in [0.15, 0.2) is 0 Å². The molecule has 148 valence electrons. The minimum atomic E-state index is -0.352. The molecule has 0 spiro atoms. The molecule has 2 amide bonds. The number of amides is 2. The third-order valence-electron chi connectivity index (χ3n) is 5.30. The summed E-state index contributed by atoms with van der Waals surface area (Å²) in [6, 6.07) is 17.3. The molecule has 3 aromatic carbocycles. The molecule has 1 saturated heterocycles. The number of carbonyl (C=O) groups is 2. The van der Waals surface area contributed by atoms with Crippen LogP contribution in [0.5, 0.6) is 11.5 Å². The number of hydrogen-bond donors (Lipinski definition) is 3. The van der Waals surface area contributed by atoms with Crippen LogP contribution in [0.15, 0.2) is 60.7 Å². The topological polar surface area (TPSA) is 89.9 Å². The fraction of sp³-hybridized carbons (Fsp3) is 0.217. The number of likely N-dealkylation sites (tertiary alicyclic amines) is 1. The van der Waals surface area contributed by atoms with Gasteiger partial charge < -0.3 is 20.4 Å². The summed E-state index contributed by atoms with van der Waals surface area (Å²) in [6.45, 7) is 1.11. The van der Waals surface area contributed by atoms with Gasteiger partial charge in [-0.1, -0.05) is 36.4 Å². The third-order valence-corrected chi connectivity index (χ3v) is 5.30. The number of carbonyl (C=O) groups excluding carboxylic acids is 2. The first-order valence-electron chi connectivity index (χ1n) is 9.62. The first-order valence-corrected chi connectivity index (χ1v) is 9.62. The smallest absolute Gasteiger partial charge is 0.254 e. The van der Waals surface area contributed by atoms with Crippen molar-refractivity contribution in [3.8, 4) is 11.5 Å². The Hall–Kier alpha value is -3.54. The zero-order valence-electron chi connectivity index (χ0n) is 15.8. The Morgan fingerprint density at radius 1 is 0.897 bits per heavy atom. The average molecular weight is 390 g/mol. The van der Waals surface area contributed by atoms with Crippen LogP contribution in [0.4, 0.5) is 0 Å². The van der Waals surface area contributed by atoms with Crippen molar-refractivity contribution >= 4 is 22.6 Å². The molecule has 0 aromatic heterocycles. The molecule has 1 fully saturated rings. The van der Waals surface area contributed by atoms with Crippen molar-refractivity contribution in [2.24, 2.45) is 0 Å². The van der Waals surface area contributed by atoms with E-state index in [2.05, 4.69) is 5.32 Å². The van der Waals surface area contributed by atoms with Gasteiger partial charge in [0, 0.05) is 36.3 Å². The summed E-state index contributed by atoms with van der Waals surface area (Å²) in [6.07, 6.45) is 1.29. The summed E-state index contributed by atoms with van der Waals surface area (Å²) in [5, 5.41) is 24.0. The lowest BCUT2D eigenvalue weighted by Gasteiger charge is -2.32. The van der Waals surface area contributed by atoms with Crippen LogP contribution < -0.4 is 5.32 Å². The quantitative estimate of drug-likeness (QED) is 0.640. The molecule has 1 heterocycles. The number of rotatable bonds is 3. The van der Waals surface area contributed by atoms with Gasteiger partial charge in [-0.15, -0.1) is 0 Å². The van der Waals surface area contributed by atoms with Crippen LogP contribution in [0.25, 0.3) is 10.8 Å². The van der Waals surface area contributed by atoms with Crippen LogP contribution in [-0.2, 0) is 0 Å². The van der Waals surface area contributed by atoms with E-state index in [-0.39, 0.29) is 34.9 Å². The molecule has 0 aliphatic carbocycles. The van der Waals surface area contributed by atoms with Crippen LogP contribution in [0.2, 0.25) is 0 Å². The first kappa shape index (κ1) is 18.8. The van der Waals surface area contributed by atoms with Crippen LogP contribution >= 0.6 is 0 Å². The summed E-state index contributed by atoms with van der Waals surface area (Å²) >= 11 is 0. The van der Waals surface area contributed by atoms with Crippen molar-refractivity contribution in [2.45, 2.75) is 18.9 Å². The molecule has 4 rings (SSSR count). The Kier molecular flexibility index (Phi) is 5.08. The predicted molar refractivity (Wildman–Crippen MR) is 110 cm³/mol. The minimum absolute atomic E-state index is 0.00415. The summed E-state index contributed by atoms with van der Waals surface area (Å²) in [5.41, 5.74) is 0.901. The summed E-state index contributed by atoms with van der Waals surface area (Å²) in [5.74, 6) is -0.671. The van der Waals surface area contributed by atoms with Crippen LogP contribution in [-0.4, -0.2) is 46.1 Å². The van der Waals surface area contributed by atoms with Crippen molar-refractivity contribution < 1.29 is 19.8 Å². The van der Waals surface area contributed by atoms with Crippen LogP contribution in [0.1, 0.15) is 33.6 Å². The molecule has 6 nitrogen and oxygen atoms in total. The molecule has 0 saturated carbocycles. The summed E-state index contributed by atoms with van der Waals surface area (Å²) < 4.78 is 0. The molecule has 1 aliphatic heterocycles. The van der Waals surface area contributed by atoms with E-state index >= 15 is 0 Å². The molecule has 6 heteroatoms. The number of nitrogens with one attached hydrogen (secondary N) is 1. The van der Waals surface area contributed by atoms with Gasteiger partial charge in [-0.05, 0) is 41.8 Å². The second-order valence-electron chi connectivity index (χ2n) is 7.30. The molecule has 0 radical (unpaired) electrons. The van der Waals surface area contributed by atoms with Crippen LogP contribution in [0, 0.1) is 0 Å². The molecule has 29 heavy (non-hydrogen) atoms. The van der Waals surface area contributed by atoms with E-state index in [0.29, 0.717) is 31.5 Å². The van der Waals surface area contributed by atoms with E-state index in [9.17, 15) is 19.8 Å². The van der Waals surface area contributed by atoms with E-state index in [1.807, 2.05) is 47.4 Å². The van der Waals surface area contributed by atoms with Gasteiger partial charge in [-0.3, -0.25) is 9.59 Å².